The summed E-state index contributed by atoms with van der Waals surface area (Å²) in [7, 11) is 7.72. The number of methoxy groups -OCH3 is 4. The van der Waals surface area contributed by atoms with E-state index in [0.29, 0.717) is 36.3 Å². The van der Waals surface area contributed by atoms with Crippen molar-refractivity contribution in [1.82, 2.24) is 10.6 Å². The van der Waals surface area contributed by atoms with Crippen LogP contribution < -0.4 is 24.8 Å². The molecule has 8 nitrogen and oxygen atoms in total. The topological polar surface area (TPSA) is 90.4 Å². The minimum Gasteiger partial charge on any atom is -0.493 e. The number of hydrogen-bond acceptors (Lipinski definition) is 6. The molecule has 0 fully saturated rings. The summed E-state index contributed by atoms with van der Waals surface area (Å²) in [5.41, 5.74) is 0.931. The number of carbonyl (C=O) groups is 1. The van der Waals surface area contributed by atoms with Gasteiger partial charge in [0, 0.05) is 20.1 Å². The SMILES string of the molecule is CN=C(NCCC(=O)OC)NCc1cc(OC)c(OC)c(OC)c1.I. The molecule has 0 bridgehead atoms. The largest absolute Gasteiger partial charge is 0.493 e. The number of ether oxygens (including phenoxy) is 4. The Hall–Kier alpha value is -1.91. The first kappa shape index (κ1) is 23.1. The molecule has 0 atom stereocenters. The van der Waals surface area contributed by atoms with Gasteiger partial charge in [-0.25, -0.2) is 0 Å². The second-order valence-electron chi connectivity index (χ2n) is 4.71. The maximum Gasteiger partial charge on any atom is 0.307 e. The van der Waals surface area contributed by atoms with Crippen molar-refractivity contribution in [1.29, 1.82) is 0 Å². The van der Waals surface area contributed by atoms with Crippen LogP contribution in [0.5, 0.6) is 17.2 Å². The van der Waals surface area contributed by atoms with Crippen LogP contribution in [0, 0.1) is 0 Å². The molecule has 0 saturated heterocycles. The van der Waals surface area contributed by atoms with Gasteiger partial charge in [0.15, 0.2) is 17.5 Å². The van der Waals surface area contributed by atoms with Gasteiger partial charge in [0.25, 0.3) is 0 Å². The first-order valence-corrected chi connectivity index (χ1v) is 7.39. The smallest absolute Gasteiger partial charge is 0.307 e. The van der Waals surface area contributed by atoms with Crippen LogP contribution in [-0.4, -0.2) is 54.0 Å². The average Bonchev–Trinajstić information content (AvgIpc) is 2.62. The number of nitrogens with one attached hydrogen (secondary N) is 2. The highest BCUT2D eigenvalue weighted by Crippen LogP contribution is 2.38. The Labute approximate surface area is 165 Å². The van der Waals surface area contributed by atoms with E-state index in [1.165, 1.54) is 7.11 Å². The van der Waals surface area contributed by atoms with Gasteiger partial charge >= 0.3 is 5.97 Å². The van der Waals surface area contributed by atoms with Crippen LogP contribution in [0.1, 0.15) is 12.0 Å². The number of hydrogen-bond donors (Lipinski definition) is 2. The Morgan fingerprint density at radius 2 is 1.64 bits per heavy atom. The van der Waals surface area contributed by atoms with E-state index in [9.17, 15) is 4.79 Å². The van der Waals surface area contributed by atoms with E-state index in [1.807, 2.05) is 12.1 Å². The number of rotatable bonds is 8. The van der Waals surface area contributed by atoms with Gasteiger partial charge in [-0.1, -0.05) is 0 Å². The Kier molecular flexibility index (Phi) is 11.5. The van der Waals surface area contributed by atoms with Crippen molar-refractivity contribution >= 4 is 35.9 Å². The highest BCUT2D eigenvalue weighted by molar-refractivity contribution is 14.0. The summed E-state index contributed by atoms with van der Waals surface area (Å²) in [6.45, 7) is 0.927. The highest BCUT2D eigenvalue weighted by Gasteiger charge is 2.13. The Balaban J connectivity index is 0.00000576. The molecule has 9 heteroatoms. The molecule has 142 valence electrons. The van der Waals surface area contributed by atoms with E-state index in [4.69, 9.17) is 14.2 Å². The zero-order valence-electron chi connectivity index (χ0n) is 15.2. The summed E-state index contributed by atoms with van der Waals surface area (Å²) in [4.78, 5) is 15.2. The van der Waals surface area contributed by atoms with Crippen LogP contribution in [0.4, 0.5) is 0 Å². The molecule has 1 rings (SSSR count). The number of benzene rings is 1. The minimum atomic E-state index is -0.275. The van der Waals surface area contributed by atoms with E-state index in [-0.39, 0.29) is 36.4 Å². The van der Waals surface area contributed by atoms with Crippen molar-refractivity contribution in [3.05, 3.63) is 17.7 Å². The quantitative estimate of drug-likeness (QED) is 0.260. The predicted octanol–water partition coefficient (Wildman–Crippen LogP) is 1.56. The van der Waals surface area contributed by atoms with Crippen LogP contribution >= 0.6 is 24.0 Å². The van der Waals surface area contributed by atoms with Gasteiger partial charge in [-0.2, -0.15) is 0 Å². The Morgan fingerprint density at radius 3 is 2.08 bits per heavy atom. The van der Waals surface area contributed by atoms with Gasteiger partial charge in [0.2, 0.25) is 5.75 Å². The molecule has 0 aliphatic rings. The molecule has 0 spiro atoms. The molecule has 2 N–H and O–H groups in total. The van der Waals surface area contributed by atoms with Gasteiger partial charge < -0.3 is 29.6 Å². The lowest BCUT2D eigenvalue weighted by atomic mass is 10.2. The first-order chi connectivity index (χ1) is 11.6. The third-order valence-corrected chi connectivity index (χ3v) is 3.26. The zero-order valence-corrected chi connectivity index (χ0v) is 17.5. The molecule has 0 aliphatic heterocycles. The number of nitrogens with zero attached hydrogens (tertiary/aromatic N) is 1. The van der Waals surface area contributed by atoms with Crippen molar-refractivity contribution < 1.29 is 23.7 Å². The standard InChI is InChI=1S/C16H25N3O5.HI/c1-17-16(18-7-6-14(20)23-4)19-10-11-8-12(21-2)15(24-5)13(9-11)22-3;/h8-9H,6-7,10H2,1-5H3,(H2,17,18,19);1H. The monoisotopic (exact) mass is 467 g/mol. The molecule has 0 heterocycles. The Morgan fingerprint density at radius 1 is 1.04 bits per heavy atom. The van der Waals surface area contributed by atoms with Crippen LogP contribution in [0.3, 0.4) is 0 Å². The molecule has 0 aliphatic carbocycles. The van der Waals surface area contributed by atoms with Gasteiger partial charge in [-0.15, -0.1) is 24.0 Å². The van der Waals surface area contributed by atoms with Gasteiger partial charge in [-0.3, -0.25) is 9.79 Å². The fourth-order valence-corrected chi connectivity index (χ4v) is 2.03. The molecule has 1 aromatic rings. The third-order valence-electron chi connectivity index (χ3n) is 3.26. The van der Waals surface area contributed by atoms with Crippen molar-refractivity contribution in [3.8, 4) is 17.2 Å². The summed E-state index contributed by atoms with van der Waals surface area (Å²) < 4.78 is 20.5. The highest BCUT2D eigenvalue weighted by atomic mass is 127. The van der Waals surface area contributed by atoms with Crippen molar-refractivity contribution in [2.75, 3.05) is 42.0 Å². The summed E-state index contributed by atoms with van der Waals surface area (Å²) in [5.74, 6) is 2.02. The molecule has 0 unspecified atom stereocenters. The zero-order chi connectivity index (χ0) is 17.9. The summed E-state index contributed by atoms with van der Waals surface area (Å²) >= 11 is 0. The molecule has 0 amide bonds. The third kappa shape index (κ3) is 7.24. The normalized spacial score (nSPS) is 10.4. The molecular formula is C16H26IN3O5. The molecule has 1 aromatic carbocycles. The van der Waals surface area contributed by atoms with E-state index in [0.717, 1.165) is 5.56 Å². The van der Waals surface area contributed by atoms with Crippen molar-refractivity contribution in [2.24, 2.45) is 4.99 Å². The lowest BCUT2D eigenvalue weighted by Gasteiger charge is -2.15. The molecule has 0 aromatic heterocycles. The maximum absolute atomic E-state index is 11.1. The fourth-order valence-electron chi connectivity index (χ4n) is 2.03. The number of aliphatic imine (C=N–C) groups is 1. The average molecular weight is 467 g/mol. The van der Waals surface area contributed by atoms with Crippen LogP contribution in [0.25, 0.3) is 0 Å². The summed E-state index contributed by atoms with van der Waals surface area (Å²) in [6.07, 6.45) is 0.265. The summed E-state index contributed by atoms with van der Waals surface area (Å²) in [6, 6.07) is 3.71. The van der Waals surface area contributed by atoms with Crippen molar-refractivity contribution in [3.63, 3.8) is 0 Å². The molecule has 0 saturated carbocycles. The Bertz CT molecular complexity index is 556. The second-order valence-corrected chi connectivity index (χ2v) is 4.71. The van der Waals surface area contributed by atoms with Gasteiger partial charge in [-0.05, 0) is 17.7 Å². The second kappa shape index (κ2) is 12.5. The molecular weight excluding hydrogens is 441 g/mol. The van der Waals surface area contributed by atoms with Gasteiger partial charge in [0.1, 0.15) is 0 Å². The van der Waals surface area contributed by atoms with Crippen LogP contribution in [0.2, 0.25) is 0 Å². The summed E-state index contributed by atoms with van der Waals surface area (Å²) in [5, 5.41) is 6.19. The fraction of sp³-hybridized carbons (Fsp3) is 0.500. The lowest BCUT2D eigenvalue weighted by Crippen LogP contribution is -2.37. The van der Waals surface area contributed by atoms with E-state index in [2.05, 4.69) is 20.4 Å². The molecule has 25 heavy (non-hydrogen) atoms. The minimum absolute atomic E-state index is 0. The van der Waals surface area contributed by atoms with Gasteiger partial charge in [0.05, 0.1) is 34.9 Å². The van der Waals surface area contributed by atoms with Crippen LogP contribution in [0.15, 0.2) is 17.1 Å². The van der Waals surface area contributed by atoms with Crippen molar-refractivity contribution in [2.45, 2.75) is 13.0 Å². The van der Waals surface area contributed by atoms with E-state index in [1.54, 1.807) is 28.4 Å². The van der Waals surface area contributed by atoms with E-state index < -0.39 is 0 Å². The van der Waals surface area contributed by atoms with Crippen LogP contribution in [-0.2, 0) is 16.1 Å². The maximum atomic E-state index is 11.1. The number of halogens is 1. The lowest BCUT2D eigenvalue weighted by molar-refractivity contribution is -0.140. The number of guanidine groups is 1. The number of carbonyl (C=O) groups excluding carboxylic acids is 1. The molecule has 0 radical (unpaired) electrons. The predicted molar refractivity (Wildman–Crippen MR) is 106 cm³/mol. The number of esters is 1. The van der Waals surface area contributed by atoms with E-state index >= 15 is 0 Å². The first-order valence-electron chi connectivity index (χ1n) is 7.39.